The molecule has 6 nitrogen and oxygen atoms in total. The molecule has 0 aliphatic heterocycles. The second kappa shape index (κ2) is 4.39. The maximum absolute atomic E-state index is 11.9. The zero-order valence-electron chi connectivity index (χ0n) is 8.64. The summed E-state index contributed by atoms with van der Waals surface area (Å²) in [6.07, 6.45) is 3.49. The van der Waals surface area contributed by atoms with Crippen LogP contribution < -0.4 is 0 Å². The summed E-state index contributed by atoms with van der Waals surface area (Å²) in [6.45, 7) is 1.16. The molecular formula is C9H14N4O2. The molecule has 82 valence electrons. The molecule has 1 aliphatic rings. The van der Waals surface area contributed by atoms with Crippen molar-refractivity contribution in [3.8, 4) is 0 Å². The minimum atomic E-state index is -0.0907. The van der Waals surface area contributed by atoms with Crippen LogP contribution in [0.15, 0.2) is 6.33 Å². The number of amides is 1. The van der Waals surface area contributed by atoms with Crippen molar-refractivity contribution in [2.24, 2.45) is 0 Å². The van der Waals surface area contributed by atoms with Crippen LogP contribution in [0.5, 0.6) is 0 Å². The lowest BCUT2D eigenvalue weighted by molar-refractivity contribution is 0.0668. The molecule has 1 fully saturated rings. The van der Waals surface area contributed by atoms with Crippen LogP contribution in [0.1, 0.15) is 23.5 Å². The third-order valence-electron chi connectivity index (χ3n) is 2.40. The first-order chi connectivity index (χ1) is 7.33. The molecular weight excluding hydrogens is 196 g/mol. The number of nitrogens with zero attached hydrogens (tertiary/aromatic N) is 3. The van der Waals surface area contributed by atoms with Gasteiger partial charge in [-0.15, -0.1) is 0 Å². The van der Waals surface area contributed by atoms with Gasteiger partial charge >= 0.3 is 0 Å². The van der Waals surface area contributed by atoms with E-state index in [1.807, 2.05) is 0 Å². The van der Waals surface area contributed by atoms with Gasteiger partial charge in [0.2, 0.25) is 5.82 Å². The van der Waals surface area contributed by atoms with Crippen LogP contribution in [-0.4, -0.2) is 52.3 Å². The van der Waals surface area contributed by atoms with Gasteiger partial charge in [-0.3, -0.25) is 9.89 Å². The summed E-state index contributed by atoms with van der Waals surface area (Å²) in [5, 5.41) is 6.25. The van der Waals surface area contributed by atoms with E-state index in [4.69, 9.17) is 4.74 Å². The highest BCUT2D eigenvalue weighted by Crippen LogP contribution is 2.27. The van der Waals surface area contributed by atoms with E-state index >= 15 is 0 Å². The van der Waals surface area contributed by atoms with Gasteiger partial charge in [-0.05, 0) is 12.8 Å². The number of methoxy groups -OCH3 is 1. The Kier molecular flexibility index (Phi) is 2.96. The minimum Gasteiger partial charge on any atom is -0.383 e. The van der Waals surface area contributed by atoms with Crippen molar-refractivity contribution in [1.82, 2.24) is 20.1 Å². The van der Waals surface area contributed by atoms with Gasteiger partial charge in [0.15, 0.2) is 0 Å². The highest BCUT2D eigenvalue weighted by molar-refractivity contribution is 5.90. The first kappa shape index (κ1) is 10.1. The van der Waals surface area contributed by atoms with Crippen LogP contribution in [0.4, 0.5) is 0 Å². The van der Waals surface area contributed by atoms with E-state index in [9.17, 15) is 4.79 Å². The van der Waals surface area contributed by atoms with Gasteiger partial charge in [0.25, 0.3) is 5.91 Å². The number of carbonyl (C=O) groups excluding carboxylic acids is 1. The zero-order valence-corrected chi connectivity index (χ0v) is 8.64. The fourth-order valence-corrected chi connectivity index (χ4v) is 1.47. The van der Waals surface area contributed by atoms with Crippen molar-refractivity contribution in [3.63, 3.8) is 0 Å². The van der Waals surface area contributed by atoms with E-state index in [1.165, 1.54) is 6.33 Å². The zero-order chi connectivity index (χ0) is 10.7. The van der Waals surface area contributed by atoms with Gasteiger partial charge in [0.1, 0.15) is 6.33 Å². The Labute approximate surface area is 87.6 Å². The monoisotopic (exact) mass is 210 g/mol. The fourth-order valence-electron chi connectivity index (χ4n) is 1.47. The van der Waals surface area contributed by atoms with Crippen molar-refractivity contribution < 1.29 is 9.53 Å². The number of aromatic nitrogens is 3. The van der Waals surface area contributed by atoms with E-state index in [-0.39, 0.29) is 5.91 Å². The number of aromatic amines is 1. The molecule has 6 heteroatoms. The normalized spacial score (nSPS) is 15.3. The van der Waals surface area contributed by atoms with Crippen LogP contribution in [0, 0.1) is 0 Å². The standard InChI is InChI=1S/C9H14N4O2/c1-15-5-4-13(7-2-3-7)9(14)8-10-6-11-12-8/h6-7H,2-5H2,1H3,(H,10,11,12). The average molecular weight is 210 g/mol. The number of hydrogen-bond acceptors (Lipinski definition) is 4. The fraction of sp³-hybridized carbons (Fsp3) is 0.667. The summed E-state index contributed by atoms with van der Waals surface area (Å²) in [5.74, 6) is 0.213. The van der Waals surface area contributed by atoms with Crippen LogP contribution in [0.25, 0.3) is 0 Å². The number of ether oxygens (including phenoxy) is 1. The lowest BCUT2D eigenvalue weighted by atomic mass is 10.4. The SMILES string of the molecule is COCCN(C(=O)c1ncn[nH]1)C1CC1. The molecule has 1 aromatic rings. The van der Waals surface area contributed by atoms with Crippen molar-refractivity contribution in [2.75, 3.05) is 20.3 Å². The average Bonchev–Trinajstić information content (AvgIpc) is 2.94. The molecule has 1 amide bonds. The molecule has 0 atom stereocenters. The maximum atomic E-state index is 11.9. The predicted octanol–water partition coefficient (Wildman–Crippen LogP) is 0.0557. The van der Waals surface area contributed by atoms with Gasteiger partial charge in [-0.1, -0.05) is 0 Å². The lowest BCUT2D eigenvalue weighted by Gasteiger charge is -2.20. The van der Waals surface area contributed by atoms with E-state index in [2.05, 4.69) is 15.2 Å². The van der Waals surface area contributed by atoms with Crippen molar-refractivity contribution in [1.29, 1.82) is 0 Å². The molecule has 0 unspecified atom stereocenters. The number of nitrogens with one attached hydrogen (secondary N) is 1. The molecule has 15 heavy (non-hydrogen) atoms. The second-order valence-corrected chi connectivity index (χ2v) is 3.56. The first-order valence-electron chi connectivity index (χ1n) is 4.98. The molecule has 1 saturated carbocycles. The Hall–Kier alpha value is -1.43. The molecule has 1 aliphatic carbocycles. The Morgan fingerprint density at radius 1 is 1.73 bits per heavy atom. The molecule has 1 heterocycles. The summed E-state index contributed by atoms with van der Waals surface area (Å²) in [6, 6.07) is 0.359. The van der Waals surface area contributed by atoms with Gasteiger partial charge in [-0.25, -0.2) is 4.98 Å². The van der Waals surface area contributed by atoms with Gasteiger partial charge < -0.3 is 9.64 Å². The van der Waals surface area contributed by atoms with Crippen molar-refractivity contribution in [2.45, 2.75) is 18.9 Å². The lowest BCUT2D eigenvalue weighted by Crippen LogP contribution is -2.36. The molecule has 0 radical (unpaired) electrons. The molecule has 0 spiro atoms. The summed E-state index contributed by atoms with van der Waals surface area (Å²) in [7, 11) is 1.63. The number of carbonyl (C=O) groups is 1. The van der Waals surface area contributed by atoms with Gasteiger partial charge in [-0.2, -0.15) is 5.10 Å². The summed E-state index contributed by atoms with van der Waals surface area (Å²) < 4.78 is 4.98. The van der Waals surface area contributed by atoms with Crippen LogP contribution in [-0.2, 0) is 4.74 Å². The maximum Gasteiger partial charge on any atom is 0.291 e. The topological polar surface area (TPSA) is 71.1 Å². The largest absolute Gasteiger partial charge is 0.383 e. The number of hydrogen-bond donors (Lipinski definition) is 1. The Morgan fingerprint density at radius 3 is 3.07 bits per heavy atom. The van der Waals surface area contributed by atoms with Crippen LogP contribution in [0.2, 0.25) is 0 Å². The molecule has 0 aromatic carbocycles. The van der Waals surface area contributed by atoms with E-state index in [0.717, 1.165) is 12.8 Å². The quantitative estimate of drug-likeness (QED) is 0.745. The summed E-state index contributed by atoms with van der Waals surface area (Å²) in [4.78, 5) is 17.6. The smallest absolute Gasteiger partial charge is 0.291 e. The summed E-state index contributed by atoms with van der Waals surface area (Å²) in [5.41, 5.74) is 0. The number of H-pyrrole nitrogens is 1. The van der Waals surface area contributed by atoms with Crippen LogP contribution in [0.3, 0.4) is 0 Å². The van der Waals surface area contributed by atoms with Crippen LogP contribution >= 0.6 is 0 Å². The molecule has 2 rings (SSSR count). The molecule has 0 bridgehead atoms. The third kappa shape index (κ3) is 2.33. The number of rotatable bonds is 5. The molecule has 1 aromatic heterocycles. The Balaban J connectivity index is 2.01. The highest BCUT2D eigenvalue weighted by Gasteiger charge is 2.33. The van der Waals surface area contributed by atoms with Gasteiger partial charge in [0.05, 0.1) is 6.61 Å². The summed E-state index contributed by atoms with van der Waals surface area (Å²) >= 11 is 0. The van der Waals surface area contributed by atoms with Crippen molar-refractivity contribution >= 4 is 5.91 Å². The highest BCUT2D eigenvalue weighted by atomic mass is 16.5. The van der Waals surface area contributed by atoms with E-state index < -0.39 is 0 Å². The molecule has 1 N–H and O–H groups in total. The second-order valence-electron chi connectivity index (χ2n) is 3.56. The van der Waals surface area contributed by atoms with Gasteiger partial charge in [0, 0.05) is 19.7 Å². The first-order valence-corrected chi connectivity index (χ1v) is 4.98. The Bertz CT molecular complexity index is 321. The Morgan fingerprint density at radius 2 is 2.53 bits per heavy atom. The minimum absolute atomic E-state index is 0.0907. The van der Waals surface area contributed by atoms with Crippen molar-refractivity contribution in [3.05, 3.63) is 12.2 Å². The molecule has 0 saturated heterocycles. The van der Waals surface area contributed by atoms with E-state index in [1.54, 1.807) is 12.0 Å². The predicted molar refractivity (Wildman–Crippen MR) is 52.3 cm³/mol. The third-order valence-corrected chi connectivity index (χ3v) is 2.40. The van der Waals surface area contributed by atoms with E-state index in [0.29, 0.717) is 25.0 Å².